The van der Waals surface area contributed by atoms with Crippen LogP contribution in [0.5, 0.6) is 0 Å². The van der Waals surface area contributed by atoms with Gasteiger partial charge in [-0.3, -0.25) is 19.2 Å². The Labute approximate surface area is 79.2 Å². The summed E-state index contributed by atoms with van der Waals surface area (Å²) in [5.41, 5.74) is 9.36. The average Bonchev–Trinajstić information content (AvgIpc) is 2.09. The molecule has 0 saturated heterocycles. The molecule has 0 aromatic carbocycles. The van der Waals surface area contributed by atoms with Crippen LogP contribution in [0.1, 0.15) is 0 Å². The second-order valence-corrected chi connectivity index (χ2v) is 2.20. The summed E-state index contributed by atoms with van der Waals surface area (Å²) >= 11 is 0. The standard InChI is InChI=1S/C8H8N2O4/c9-7(13)3-1-5(11)6(12)2-4-8(10)14/h1-4H,(H2,9,13)(H2,10,14). The van der Waals surface area contributed by atoms with Gasteiger partial charge in [-0.15, -0.1) is 0 Å². The van der Waals surface area contributed by atoms with Crippen molar-refractivity contribution in [3.05, 3.63) is 24.3 Å². The molecule has 0 heterocycles. The van der Waals surface area contributed by atoms with E-state index in [1.54, 1.807) is 0 Å². The summed E-state index contributed by atoms with van der Waals surface area (Å²) in [6, 6.07) is 0. The highest BCUT2D eigenvalue weighted by molar-refractivity contribution is 6.46. The zero-order valence-electron chi connectivity index (χ0n) is 7.10. The smallest absolute Gasteiger partial charge is 0.241 e. The average molecular weight is 196 g/mol. The molecule has 0 aliphatic rings. The number of rotatable bonds is 5. The van der Waals surface area contributed by atoms with E-state index in [-0.39, 0.29) is 0 Å². The van der Waals surface area contributed by atoms with Crippen molar-refractivity contribution in [1.82, 2.24) is 0 Å². The predicted octanol–water partition coefficient (Wildman–Crippen LogP) is -1.79. The minimum Gasteiger partial charge on any atom is -0.366 e. The van der Waals surface area contributed by atoms with Gasteiger partial charge in [-0.1, -0.05) is 0 Å². The van der Waals surface area contributed by atoms with Gasteiger partial charge in [0.15, 0.2) is 0 Å². The van der Waals surface area contributed by atoms with E-state index in [1.807, 2.05) is 0 Å². The molecule has 0 rings (SSSR count). The molecular weight excluding hydrogens is 188 g/mol. The molecule has 0 unspecified atom stereocenters. The van der Waals surface area contributed by atoms with Gasteiger partial charge in [0, 0.05) is 12.2 Å². The maximum atomic E-state index is 10.8. The minimum atomic E-state index is -0.957. The van der Waals surface area contributed by atoms with Crippen LogP contribution in [0.2, 0.25) is 0 Å². The summed E-state index contributed by atoms with van der Waals surface area (Å²) in [6.45, 7) is 0. The molecule has 2 amide bonds. The molecular formula is C8H8N2O4. The Kier molecular flexibility index (Phi) is 4.55. The first-order valence-corrected chi connectivity index (χ1v) is 3.47. The van der Waals surface area contributed by atoms with Crippen molar-refractivity contribution < 1.29 is 19.2 Å². The van der Waals surface area contributed by atoms with Crippen molar-refractivity contribution in [2.24, 2.45) is 11.5 Å². The van der Waals surface area contributed by atoms with Crippen molar-refractivity contribution >= 4 is 23.4 Å². The number of primary amides is 2. The van der Waals surface area contributed by atoms with Crippen LogP contribution in [0, 0.1) is 0 Å². The molecule has 74 valence electrons. The second kappa shape index (κ2) is 5.41. The van der Waals surface area contributed by atoms with Crippen LogP contribution in [-0.4, -0.2) is 23.4 Å². The van der Waals surface area contributed by atoms with E-state index in [0.29, 0.717) is 0 Å². The molecule has 4 N–H and O–H groups in total. The van der Waals surface area contributed by atoms with Crippen LogP contribution < -0.4 is 11.5 Å². The summed E-state index contributed by atoms with van der Waals surface area (Å²) in [4.78, 5) is 42.0. The summed E-state index contributed by atoms with van der Waals surface area (Å²) in [6.07, 6.45) is 2.93. The Morgan fingerprint density at radius 1 is 0.643 bits per heavy atom. The van der Waals surface area contributed by atoms with Gasteiger partial charge >= 0.3 is 0 Å². The highest BCUT2D eigenvalue weighted by Gasteiger charge is 2.06. The van der Waals surface area contributed by atoms with Gasteiger partial charge < -0.3 is 11.5 Å². The molecule has 0 aromatic rings. The molecule has 0 radical (unpaired) electrons. The molecule has 0 atom stereocenters. The van der Waals surface area contributed by atoms with Gasteiger partial charge in [-0.05, 0) is 12.2 Å². The quantitative estimate of drug-likeness (QED) is 0.398. The lowest BCUT2D eigenvalue weighted by Crippen LogP contribution is -2.13. The fourth-order valence-corrected chi connectivity index (χ4v) is 0.480. The lowest BCUT2D eigenvalue weighted by atomic mass is 10.2. The summed E-state index contributed by atoms with van der Waals surface area (Å²) < 4.78 is 0. The number of carbonyl (C=O) groups excluding carboxylic acids is 4. The Balaban J connectivity index is 4.35. The first-order valence-electron chi connectivity index (χ1n) is 3.47. The molecule has 0 aliphatic heterocycles. The molecule has 0 fully saturated rings. The van der Waals surface area contributed by atoms with Crippen molar-refractivity contribution in [3.8, 4) is 0 Å². The van der Waals surface area contributed by atoms with Gasteiger partial charge in [-0.2, -0.15) is 0 Å². The molecule has 0 bridgehead atoms. The molecule has 0 spiro atoms. The number of carbonyl (C=O) groups is 4. The Hall–Kier alpha value is -2.24. The Bertz CT molecular complexity index is 307. The largest absolute Gasteiger partial charge is 0.366 e. The fourth-order valence-electron chi connectivity index (χ4n) is 0.480. The van der Waals surface area contributed by atoms with E-state index >= 15 is 0 Å². The van der Waals surface area contributed by atoms with Crippen molar-refractivity contribution in [2.75, 3.05) is 0 Å². The number of ketones is 2. The fraction of sp³-hybridized carbons (Fsp3) is 0. The number of amides is 2. The molecule has 0 saturated carbocycles. The summed E-state index contributed by atoms with van der Waals surface area (Å²) in [7, 11) is 0. The monoisotopic (exact) mass is 196 g/mol. The number of nitrogens with two attached hydrogens (primary N) is 2. The maximum Gasteiger partial charge on any atom is 0.241 e. The molecule has 6 heteroatoms. The van der Waals surface area contributed by atoms with E-state index in [9.17, 15) is 19.2 Å². The molecule has 0 aliphatic carbocycles. The predicted molar refractivity (Wildman–Crippen MR) is 46.7 cm³/mol. The normalized spacial score (nSPS) is 10.6. The first-order chi connectivity index (χ1) is 6.43. The third-order valence-corrected chi connectivity index (χ3v) is 1.04. The van der Waals surface area contributed by atoms with Crippen molar-refractivity contribution in [2.45, 2.75) is 0 Å². The van der Waals surface area contributed by atoms with E-state index in [2.05, 4.69) is 11.5 Å². The van der Waals surface area contributed by atoms with E-state index in [4.69, 9.17) is 0 Å². The van der Waals surface area contributed by atoms with E-state index in [0.717, 1.165) is 24.3 Å². The Morgan fingerprint density at radius 2 is 0.929 bits per heavy atom. The van der Waals surface area contributed by atoms with Crippen LogP contribution in [0.15, 0.2) is 24.3 Å². The van der Waals surface area contributed by atoms with Crippen molar-refractivity contribution in [3.63, 3.8) is 0 Å². The topological polar surface area (TPSA) is 120 Å². The van der Waals surface area contributed by atoms with Gasteiger partial charge in [0.1, 0.15) is 0 Å². The molecule has 14 heavy (non-hydrogen) atoms. The zero-order chi connectivity index (χ0) is 11.1. The van der Waals surface area contributed by atoms with Crippen LogP contribution in [0.3, 0.4) is 0 Å². The number of hydrogen-bond donors (Lipinski definition) is 2. The summed E-state index contributed by atoms with van der Waals surface area (Å²) in [5.74, 6) is -3.60. The van der Waals surface area contributed by atoms with Crippen LogP contribution >= 0.6 is 0 Å². The first kappa shape index (κ1) is 11.8. The molecule has 0 aromatic heterocycles. The number of hydrogen-bond acceptors (Lipinski definition) is 4. The van der Waals surface area contributed by atoms with Gasteiger partial charge in [0.2, 0.25) is 23.4 Å². The SMILES string of the molecule is NC(=O)C=CC(=O)C(=O)C=CC(N)=O. The highest BCUT2D eigenvalue weighted by atomic mass is 16.2. The Morgan fingerprint density at radius 3 is 1.14 bits per heavy atom. The maximum absolute atomic E-state index is 10.8. The van der Waals surface area contributed by atoms with Gasteiger partial charge in [-0.25, -0.2) is 0 Å². The van der Waals surface area contributed by atoms with Crippen LogP contribution in [0.25, 0.3) is 0 Å². The number of allylic oxidation sites excluding steroid dienone is 2. The lowest BCUT2D eigenvalue weighted by molar-refractivity contribution is -0.131. The van der Waals surface area contributed by atoms with Crippen LogP contribution in [-0.2, 0) is 19.2 Å². The zero-order valence-corrected chi connectivity index (χ0v) is 7.10. The van der Waals surface area contributed by atoms with Crippen molar-refractivity contribution in [1.29, 1.82) is 0 Å². The summed E-state index contributed by atoms with van der Waals surface area (Å²) in [5, 5.41) is 0. The van der Waals surface area contributed by atoms with Crippen LogP contribution in [0.4, 0.5) is 0 Å². The van der Waals surface area contributed by atoms with Gasteiger partial charge in [0.25, 0.3) is 0 Å². The third kappa shape index (κ3) is 5.42. The second-order valence-electron chi connectivity index (χ2n) is 2.20. The lowest BCUT2D eigenvalue weighted by Gasteiger charge is -1.85. The van der Waals surface area contributed by atoms with Gasteiger partial charge in [0.05, 0.1) is 0 Å². The van der Waals surface area contributed by atoms with E-state index in [1.165, 1.54) is 0 Å². The third-order valence-electron chi connectivity index (χ3n) is 1.04. The minimum absolute atomic E-state index is 0.718. The highest BCUT2D eigenvalue weighted by Crippen LogP contribution is 1.83. The molecule has 6 nitrogen and oxygen atoms in total. The van der Waals surface area contributed by atoms with E-state index < -0.39 is 23.4 Å².